The van der Waals surface area contributed by atoms with Gasteiger partial charge in [0, 0.05) is 51.0 Å². The van der Waals surface area contributed by atoms with Gasteiger partial charge in [0.2, 0.25) is 0 Å². The number of likely N-dealkylation sites (N-methyl/N-ethyl adjacent to an activating group) is 1. The molecule has 0 spiro atoms. The van der Waals surface area contributed by atoms with Crippen LogP contribution in [0.4, 0.5) is 9.59 Å². The lowest BCUT2D eigenvalue weighted by atomic mass is 9.93. The van der Waals surface area contributed by atoms with Crippen LogP contribution in [0.2, 0.25) is 0 Å². The molecule has 1 aromatic carbocycles. The van der Waals surface area contributed by atoms with Crippen LogP contribution in [0, 0.1) is 6.92 Å². The Kier molecular flexibility index (Phi) is 9.14. The minimum absolute atomic E-state index is 0.0555. The van der Waals surface area contributed by atoms with Gasteiger partial charge >= 0.3 is 18.0 Å². The van der Waals surface area contributed by atoms with E-state index in [1.807, 2.05) is 56.9 Å². The molecule has 9 heteroatoms. The van der Waals surface area contributed by atoms with Crippen molar-refractivity contribution in [2.75, 3.05) is 45.9 Å². The zero-order valence-corrected chi connectivity index (χ0v) is 21.6. The van der Waals surface area contributed by atoms with Gasteiger partial charge in [0.05, 0.1) is 18.2 Å². The summed E-state index contributed by atoms with van der Waals surface area (Å²) >= 11 is 0. The van der Waals surface area contributed by atoms with Crippen molar-refractivity contribution in [1.29, 1.82) is 0 Å². The van der Waals surface area contributed by atoms with Gasteiger partial charge in [0.15, 0.2) is 0 Å². The molecule has 2 heterocycles. The molecule has 2 aliphatic heterocycles. The molecule has 1 fully saturated rings. The number of hydrogen-bond donors (Lipinski definition) is 2. The molecule has 0 aromatic heterocycles. The normalized spacial score (nSPS) is 19.5. The fraction of sp³-hybridized carbons (Fsp3) is 0.577. The Hall–Kier alpha value is -3.07. The lowest BCUT2D eigenvalue weighted by molar-refractivity contribution is -0.139. The standard InChI is InChI=1S/C26H39N5O4/c1-6-31-21(17-29-12-9-13-30(15-14-29)25(33)27-18(3)4)22(24(32)35-7-2)23(28-26(31)34)20-11-8-10-19(5)16-20/h8,10-11,16,18,23H,6-7,9,12-15,17H2,1-5H3,(H,27,33)(H,28,34). The number of carbonyl (C=O) groups excluding carboxylic acids is 3. The van der Waals surface area contributed by atoms with Crippen molar-refractivity contribution in [3.05, 3.63) is 46.7 Å². The second kappa shape index (κ2) is 12.1. The Morgan fingerprint density at radius 1 is 1.17 bits per heavy atom. The van der Waals surface area contributed by atoms with Crippen molar-refractivity contribution >= 4 is 18.0 Å². The molecule has 0 aliphatic carbocycles. The maximum atomic E-state index is 13.3. The maximum absolute atomic E-state index is 13.3. The van der Waals surface area contributed by atoms with E-state index in [1.54, 1.807) is 11.8 Å². The summed E-state index contributed by atoms with van der Waals surface area (Å²) in [6, 6.07) is 7.04. The average molecular weight is 486 g/mol. The second-order valence-corrected chi connectivity index (χ2v) is 9.34. The Morgan fingerprint density at radius 2 is 1.94 bits per heavy atom. The fourth-order valence-corrected chi connectivity index (χ4v) is 4.64. The SMILES string of the molecule is CCOC(=O)C1=C(CN2CCCN(C(=O)NC(C)C)CC2)N(CC)C(=O)NC1c1cccc(C)c1. The van der Waals surface area contributed by atoms with E-state index in [0.29, 0.717) is 44.0 Å². The Morgan fingerprint density at radius 3 is 2.60 bits per heavy atom. The first-order valence-corrected chi connectivity index (χ1v) is 12.6. The van der Waals surface area contributed by atoms with Gasteiger partial charge in [0.1, 0.15) is 0 Å². The van der Waals surface area contributed by atoms with Gasteiger partial charge in [-0.1, -0.05) is 29.8 Å². The maximum Gasteiger partial charge on any atom is 0.338 e. The molecule has 35 heavy (non-hydrogen) atoms. The molecule has 2 N–H and O–H groups in total. The van der Waals surface area contributed by atoms with Crippen LogP contribution in [-0.2, 0) is 9.53 Å². The lowest BCUT2D eigenvalue weighted by Gasteiger charge is -2.38. The summed E-state index contributed by atoms with van der Waals surface area (Å²) < 4.78 is 5.47. The highest BCUT2D eigenvalue weighted by Crippen LogP contribution is 2.32. The third kappa shape index (κ3) is 6.54. The first kappa shape index (κ1) is 26.5. The van der Waals surface area contributed by atoms with Crippen molar-refractivity contribution in [2.45, 2.75) is 53.1 Å². The van der Waals surface area contributed by atoms with E-state index in [9.17, 15) is 14.4 Å². The minimum atomic E-state index is -0.584. The van der Waals surface area contributed by atoms with Crippen molar-refractivity contribution in [3.8, 4) is 0 Å². The van der Waals surface area contributed by atoms with Gasteiger partial charge in [-0.25, -0.2) is 14.4 Å². The summed E-state index contributed by atoms with van der Waals surface area (Å²) in [5, 5.41) is 5.98. The van der Waals surface area contributed by atoms with Gasteiger partial charge in [-0.3, -0.25) is 9.80 Å². The van der Waals surface area contributed by atoms with Crippen molar-refractivity contribution in [2.24, 2.45) is 0 Å². The van der Waals surface area contributed by atoms with Crippen molar-refractivity contribution < 1.29 is 19.1 Å². The van der Waals surface area contributed by atoms with Gasteiger partial charge in [-0.15, -0.1) is 0 Å². The minimum Gasteiger partial charge on any atom is -0.463 e. The fourth-order valence-electron chi connectivity index (χ4n) is 4.64. The summed E-state index contributed by atoms with van der Waals surface area (Å²) in [6.45, 7) is 13.3. The lowest BCUT2D eigenvalue weighted by Crippen LogP contribution is -2.51. The van der Waals surface area contributed by atoms with E-state index in [2.05, 4.69) is 15.5 Å². The molecule has 1 aromatic rings. The Labute approximate surface area is 208 Å². The number of carbonyl (C=O) groups is 3. The predicted octanol–water partition coefficient (Wildman–Crippen LogP) is 3.02. The van der Waals surface area contributed by atoms with Crippen LogP contribution in [0.3, 0.4) is 0 Å². The predicted molar refractivity (Wildman–Crippen MR) is 135 cm³/mol. The number of amides is 4. The van der Waals surface area contributed by atoms with E-state index in [4.69, 9.17) is 4.74 Å². The highest BCUT2D eigenvalue weighted by molar-refractivity contribution is 5.95. The molecule has 1 atom stereocenters. The highest BCUT2D eigenvalue weighted by atomic mass is 16.5. The van der Waals surface area contributed by atoms with E-state index in [-0.39, 0.29) is 24.7 Å². The van der Waals surface area contributed by atoms with Crippen molar-refractivity contribution in [1.82, 2.24) is 25.3 Å². The van der Waals surface area contributed by atoms with Crippen LogP contribution in [-0.4, -0.2) is 84.6 Å². The molecule has 0 saturated carbocycles. The topological polar surface area (TPSA) is 94.2 Å². The van der Waals surface area contributed by atoms with E-state index in [0.717, 1.165) is 24.1 Å². The Bertz CT molecular complexity index is 961. The van der Waals surface area contributed by atoms with Crippen LogP contribution < -0.4 is 10.6 Å². The molecule has 4 amide bonds. The van der Waals surface area contributed by atoms with Gasteiger partial charge in [0.25, 0.3) is 0 Å². The molecule has 3 rings (SSSR count). The Balaban J connectivity index is 1.93. The summed E-state index contributed by atoms with van der Waals surface area (Å²) in [5.74, 6) is -0.416. The third-order valence-corrected chi connectivity index (χ3v) is 6.29. The van der Waals surface area contributed by atoms with E-state index >= 15 is 0 Å². The number of nitrogens with one attached hydrogen (secondary N) is 2. The summed E-state index contributed by atoms with van der Waals surface area (Å²) in [6.07, 6.45) is 0.813. The molecule has 1 saturated heterocycles. The smallest absolute Gasteiger partial charge is 0.338 e. The number of urea groups is 2. The van der Waals surface area contributed by atoms with Crippen LogP contribution in [0.15, 0.2) is 35.5 Å². The number of benzene rings is 1. The van der Waals surface area contributed by atoms with Gasteiger partial charge in [-0.2, -0.15) is 0 Å². The zero-order chi connectivity index (χ0) is 25.5. The molecule has 1 unspecified atom stereocenters. The summed E-state index contributed by atoms with van der Waals surface area (Å²) in [5.41, 5.74) is 3.03. The van der Waals surface area contributed by atoms with E-state index < -0.39 is 12.0 Å². The molecule has 0 bridgehead atoms. The first-order chi connectivity index (χ1) is 16.7. The van der Waals surface area contributed by atoms with Crippen LogP contribution >= 0.6 is 0 Å². The quantitative estimate of drug-likeness (QED) is 0.579. The number of rotatable bonds is 7. The summed E-state index contributed by atoms with van der Waals surface area (Å²) in [7, 11) is 0. The highest BCUT2D eigenvalue weighted by Gasteiger charge is 2.38. The average Bonchev–Trinajstić information content (AvgIpc) is 3.04. The number of aryl methyl sites for hydroxylation is 1. The van der Waals surface area contributed by atoms with Crippen LogP contribution in [0.25, 0.3) is 0 Å². The molecular weight excluding hydrogens is 446 g/mol. The van der Waals surface area contributed by atoms with Crippen molar-refractivity contribution in [3.63, 3.8) is 0 Å². The summed E-state index contributed by atoms with van der Waals surface area (Å²) in [4.78, 5) is 44.6. The molecular formula is C26H39N5O4. The van der Waals surface area contributed by atoms with Gasteiger partial charge in [-0.05, 0) is 46.6 Å². The molecule has 2 aliphatic rings. The van der Waals surface area contributed by atoms with Gasteiger partial charge < -0.3 is 20.3 Å². The zero-order valence-electron chi connectivity index (χ0n) is 21.6. The molecule has 9 nitrogen and oxygen atoms in total. The second-order valence-electron chi connectivity index (χ2n) is 9.34. The van der Waals surface area contributed by atoms with Crippen LogP contribution in [0.5, 0.6) is 0 Å². The number of ether oxygens (including phenoxy) is 1. The molecule has 0 radical (unpaired) electrons. The monoisotopic (exact) mass is 485 g/mol. The first-order valence-electron chi connectivity index (χ1n) is 12.6. The third-order valence-electron chi connectivity index (χ3n) is 6.29. The van der Waals surface area contributed by atoms with Crippen LogP contribution in [0.1, 0.15) is 51.3 Å². The number of nitrogens with zero attached hydrogens (tertiary/aromatic N) is 3. The molecule has 192 valence electrons. The van der Waals surface area contributed by atoms with E-state index in [1.165, 1.54) is 0 Å². The number of esters is 1. The number of hydrogen-bond acceptors (Lipinski definition) is 5. The largest absolute Gasteiger partial charge is 0.463 e.